The van der Waals surface area contributed by atoms with E-state index in [4.69, 9.17) is 4.74 Å². The van der Waals surface area contributed by atoms with Crippen LogP contribution in [0.15, 0.2) is 22.7 Å². The van der Waals surface area contributed by atoms with Gasteiger partial charge in [-0.3, -0.25) is 0 Å². The third-order valence-electron chi connectivity index (χ3n) is 2.35. The minimum absolute atomic E-state index is 0.0612. The van der Waals surface area contributed by atoms with Gasteiger partial charge in [-0.05, 0) is 18.6 Å². The van der Waals surface area contributed by atoms with Crippen LogP contribution < -0.4 is 10.1 Å². The van der Waals surface area contributed by atoms with Gasteiger partial charge in [-0.25, -0.2) is 4.39 Å². The number of hydrogen-bond acceptors (Lipinski definition) is 2. The first kappa shape index (κ1) is 14.5. The summed E-state index contributed by atoms with van der Waals surface area (Å²) >= 11 is 3.25. The molecule has 0 spiro atoms. The quantitative estimate of drug-likeness (QED) is 0.864. The maximum absolute atomic E-state index is 13.2. The van der Waals surface area contributed by atoms with Gasteiger partial charge in [0.05, 0.1) is 0 Å². The van der Waals surface area contributed by atoms with Crippen molar-refractivity contribution < 1.29 is 9.13 Å². The molecule has 96 valence electrons. The lowest BCUT2D eigenvalue weighted by molar-refractivity contribution is 0.189. The zero-order valence-electron chi connectivity index (χ0n) is 10.5. The Bertz CT molecular complexity index is 337. The molecule has 17 heavy (non-hydrogen) atoms. The van der Waals surface area contributed by atoms with Crippen LogP contribution in [0, 0.1) is 5.82 Å². The molecule has 1 aromatic rings. The van der Waals surface area contributed by atoms with Crippen LogP contribution in [-0.2, 0) is 0 Å². The van der Waals surface area contributed by atoms with Gasteiger partial charge in [-0.1, -0.05) is 36.7 Å². The van der Waals surface area contributed by atoms with Crippen LogP contribution in [0.4, 0.5) is 4.39 Å². The molecule has 0 heterocycles. The largest absolute Gasteiger partial charge is 0.489 e. The molecule has 0 saturated heterocycles. The first-order chi connectivity index (χ1) is 8.01. The smallest absolute Gasteiger partial charge is 0.128 e. The molecule has 0 aromatic heterocycles. The normalized spacial score (nSPS) is 12.8. The Labute approximate surface area is 111 Å². The van der Waals surface area contributed by atoms with E-state index in [0.717, 1.165) is 13.0 Å². The molecule has 1 aromatic carbocycles. The third-order valence-corrected chi connectivity index (χ3v) is 2.81. The van der Waals surface area contributed by atoms with Crippen LogP contribution in [0.2, 0.25) is 0 Å². The molecule has 4 heteroatoms. The predicted octanol–water partition coefficient (Wildman–Crippen LogP) is 3.74. The number of rotatable bonds is 6. The van der Waals surface area contributed by atoms with Crippen molar-refractivity contribution in [2.24, 2.45) is 0 Å². The maximum Gasteiger partial charge on any atom is 0.128 e. The molecule has 0 aliphatic carbocycles. The molecule has 0 amide bonds. The van der Waals surface area contributed by atoms with E-state index >= 15 is 0 Å². The van der Waals surface area contributed by atoms with Gasteiger partial charge in [0, 0.05) is 23.1 Å². The van der Waals surface area contributed by atoms with Crippen molar-refractivity contribution in [1.82, 2.24) is 5.32 Å². The van der Waals surface area contributed by atoms with E-state index in [1.54, 1.807) is 6.07 Å². The molecule has 0 aliphatic heterocycles. The second kappa shape index (κ2) is 6.97. The monoisotopic (exact) mass is 303 g/mol. The highest BCUT2D eigenvalue weighted by Gasteiger charge is 2.09. The van der Waals surface area contributed by atoms with E-state index in [2.05, 4.69) is 42.0 Å². The van der Waals surface area contributed by atoms with E-state index < -0.39 is 0 Å². The van der Waals surface area contributed by atoms with E-state index in [1.807, 2.05) is 0 Å². The summed E-state index contributed by atoms with van der Waals surface area (Å²) in [6.45, 7) is 7.00. The van der Waals surface area contributed by atoms with Gasteiger partial charge in [0.15, 0.2) is 0 Å². The van der Waals surface area contributed by atoms with Gasteiger partial charge >= 0.3 is 0 Å². The van der Waals surface area contributed by atoms with Gasteiger partial charge < -0.3 is 10.1 Å². The average molecular weight is 304 g/mol. The molecule has 1 unspecified atom stereocenters. The van der Waals surface area contributed by atoms with Gasteiger partial charge in [-0.2, -0.15) is 0 Å². The zero-order valence-corrected chi connectivity index (χ0v) is 12.1. The van der Waals surface area contributed by atoms with Crippen molar-refractivity contribution in [3.8, 4) is 5.75 Å². The van der Waals surface area contributed by atoms with Gasteiger partial charge in [0.1, 0.15) is 17.7 Å². The fourth-order valence-corrected chi connectivity index (χ4v) is 1.87. The Hall–Kier alpha value is -0.610. The van der Waals surface area contributed by atoms with Crippen LogP contribution in [0.5, 0.6) is 5.75 Å². The summed E-state index contributed by atoms with van der Waals surface area (Å²) in [5.74, 6) is 0.273. The SMILES string of the molecule is CCC(CNC(C)C)Oc1cc(F)cc(Br)c1. The molecular weight excluding hydrogens is 285 g/mol. The fraction of sp³-hybridized carbons (Fsp3) is 0.538. The molecule has 0 saturated carbocycles. The molecule has 0 aliphatic rings. The van der Waals surface area contributed by atoms with Crippen molar-refractivity contribution in [2.45, 2.75) is 39.3 Å². The molecule has 0 bridgehead atoms. The first-order valence-electron chi connectivity index (χ1n) is 5.87. The minimum atomic E-state index is -0.291. The summed E-state index contributed by atoms with van der Waals surface area (Å²) in [7, 11) is 0. The van der Waals surface area contributed by atoms with Gasteiger partial charge in [0.2, 0.25) is 0 Å². The highest BCUT2D eigenvalue weighted by molar-refractivity contribution is 9.10. The molecular formula is C13H19BrFNO. The number of halogens is 2. The topological polar surface area (TPSA) is 21.3 Å². The van der Waals surface area contributed by atoms with Crippen molar-refractivity contribution in [2.75, 3.05) is 6.54 Å². The van der Waals surface area contributed by atoms with Crippen molar-refractivity contribution in [3.63, 3.8) is 0 Å². The fourth-order valence-electron chi connectivity index (χ4n) is 1.43. The Morgan fingerprint density at radius 3 is 2.59 bits per heavy atom. The van der Waals surface area contributed by atoms with Crippen molar-refractivity contribution >= 4 is 15.9 Å². The molecule has 1 rings (SSSR count). The molecule has 1 atom stereocenters. The molecule has 0 radical (unpaired) electrons. The number of hydrogen-bond donors (Lipinski definition) is 1. The van der Waals surface area contributed by atoms with E-state index in [9.17, 15) is 4.39 Å². The standard InChI is InChI=1S/C13H19BrFNO/c1-4-12(8-16-9(2)3)17-13-6-10(14)5-11(15)7-13/h5-7,9,12,16H,4,8H2,1-3H3. The summed E-state index contributed by atoms with van der Waals surface area (Å²) in [6, 6.07) is 5.02. The van der Waals surface area contributed by atoms with E-state index in [0.29, 0.717) is 16.3 Å². The number of ether oxygens (including phenoxy) is 1. The van der Waals surface area contributed by atoms with E-state index in [-0.39, 0.29) is 11.9 Å². The van der Waals surface area contributed by atoms with E-state index in [1.165, 1.54) is 12.1 Å². The van der Waals surface area contributed by atoms with Gasteiger partial charge in [-0.15, -0.1) is 0 Å². The maximum atomic E-state index is 13.2. The highest BCUT2D eigenvalue weighted by Crippen LogP contribution is 2.21. The number of benzene rings is 1. The lowest BCUT2D eigenvalue weighted by Crippen LogP contribution is -2.34. The summed E-state index contributed by atoms with van der Waals surface area (Å²) < 4.78 is 19.6. The van der Waals surface area contributed by atoms with Crippen LogP contribution >= 0.6 is 15.9 Å². The Kier molecular flexibility index (Phi) is 5.92. The van der Waals surface area contributed by atoms with Crippen molar-refractivity contribution in [3.05, 3.63) is 28.5 Å². The second-order valence-corrected chi connectivity index (χ2v) is 5.23. The summed E-state index contributed by atoms with van der Waals surface area (Å²) in [5, 5.41) is 3.32. The molecule has 0 fully saturated rings. The Morgan fingerprint density at radius 2 is 2.06 bits per heavy atom. The Balaban J connectivity index is 2.60. The van der Waals surface area contributed by atoms with Gasteiger partial charge in [0.25, 0.3) is 0 Å². The lowest BCUT2D eigenvalue weighted by Gasteiger charge is -2.19. The minimum Gasteiger partial charge on any atom is -0.489 e. The van der Waals surface area contributed by atoms with Crippen LogP contribution in [0.25, 0.3) is 0 Å². The second-order valence-electron chi connectivity index (χ2n) is 4.32. The number of nitrogens with one attached hydrogen (secondary N) is 1. The average Bonchev–Trinajstić information content (AvgIpc) is 2.22. The molecule has 1 N–H and O–H groups in total. The Morgan fingerprint density at radius 1 is 1.35 bits per heavy atom. The summed E-state index contributed by atoms with van der Waals surface area (Å²) in [6.07, 6.45) is 0.944. The highest BCUT2D eigenvalue weighted by atomic mass is 79.9. The lowest BCUT2D eigenvalue weighted by atomic mass is 10.2. The summed E-state index contributed by atoms with van der Waals surface area (Å²) in [4.78, 5) is 0. The third kappa shape index (κ3) is 5.50. The van der Waals surface area contributed by atoms with Crippen molar-refractivity contribution in [1.29, 1.82) is 0 Å². The predicted molar refractivity (Wildman–Crippen MR) is 71.9 cm³/mol. The van der Waals surface area contributed by atoms with Crippen LogP contribution in [-0.4, -0.2) is 18.7 Å². The van der Waals surface area contributed by atoms with Crippen LogP contribution in [0.3, 0.4) is 0 Å². The molecule has 2 nitrogen and oxygen atoms in total. The van der Waals surface area contributed by atoms with Crippen LogP contribution in [0.1, 0.15) is 27.2 Å². The first-order valence-corrected chi connectivity index (χ1v) is 6.66. The summed E-state index contributed by atoms with van der Waals surface area (Å²) in [5.41, 5.74) is 0. The zero-order chi connectivity index (χ0) is 12.8.